The van der Waals surface area contributed by atoms with Crippen LogP contribution in [0.4, 0.5) is 5.69 Å². The average molecular weight is 345 g/mol. The number of imide groups is 1. The van der Waals surface area contributed by atoms with Crippen LogP contribution in [-0.4, -0.2) is 59.9 Å². The predicted molar refractivity (Wildman–Crippen MR) is 96.6 cm³/mol. The van der Waals surface area contributed by atoms with Gasteiger partial charge < -0.3 is 10.1 Å². The summed E-state index contributed by atoms with van der Waals surface area (Å²) in [5.41, 5.74) is 1.09. The van der Waals surface area contributed by atoms with E-state index in [1.807, 2.05) is 38.1 Å². The van der Waals surface area contributed by atoms with Crippen LogP contribution >= 0.6 is 0 Å². The predicted octanol–water partition coefficient (Wildman–Crippen LogP) is 2.11. The van der Waals surface area contributed by atoms with E-state index in [0.29, 0.717) is 25.6 Å². The monoisotopic (exact) mass is 345 g/mol. The first-order valence-corrected chi connectivity index (χ1v) is 9.20. The van der Waals surface area contributed by atoms with Gasteiger partial charge in [0.2, 0.25) is 11.8 Å². The van der Waals surface area contributed by atoms with Crippen molar-refractivity contribution in [3.05, 3.63) is 24.3 Å². The van der Waals surface area contributed by atoms with Crippen molar-refractivity contribution in [3.63, 3.8) is 0 Å². The Morgan fingerprint density at radius 3 is 2.36 bits per heavy atom. The number of nitrogens with zero attached hydrogens (tertiary/aromatic N) is 2. The molecule has 2 aliphatic heterocycles. The fraction of sp³-hybridized carbons (Fsp3) is 0.579. The highest BCUT2D eigenvalue weighted by Crippen LogP contribution is 2.24. The van der Waals surface area contributed by atoms with Gasteiger partial charge in [-0.15, -0.1) is 0 Å². The summed E-state index contributed by atoms with van der Waals surface area (Å²) in [5, 5.41) is 3.56. The first kappa shape index (κ1) is 17.7. The molecular formula is C19H27N3O3. The molecule has 1 atom stereocenters. The Balaban J connectivity index is 1.50. The lowest BCUT2D eigenvalue weighted by molar-refractivity contribution is -0.139. The number of hydrogen-bond acceptors (Lipinski definition) is 5. The molecule has 1 aromatic rings. The first-order valence-electron chi connectivity index (χ1n) is 9.20. The van der Waals surface area contributed by atoms with Gasteiger partial charge in [-0.2, -0.15) is 0 Å². The first-order chi connectivity index (χ1) is 12.1. The van der Waals surface area contributed by atoms with Crippen molar-refractivity contribution in [2.45, 2.75) is 45.2 Å². The molecule has 25 heavy (non-hydrogen) atoms. The van der Waals surface area contributed by atoms with Crippen LogP contribution in [0.25, 0.3) is 0 Å². The van der Waals surface area contributed by atoms with Gasteiger partial charge in [0.15, 0.2) is 0 Å². The van der Waals surface area contributed by atoms with Crippen LogP contribution in [0.1, 0.15) is 33.1 Å². The lowest BCUT2D eigenvalue weighted by Crippen LogP contribution is -2.47. The smallest absolute Gasteiger partial charge is 0.247 e. The number of anilines is 1. The van der Waals surface area contributed by atoms with Crippen molar-refractivity contribution in [2.24, 2.45) is 0 Å². The van der Waals surface area contributed by atoms with E-state index in [0.717, 1.165) is 37.4 Å². The number of carbonyl (C=O) groups is 2. The van der Waals surface area contributed by atoms with E-state index in [-0.39, 0.29) is 17.9 Å². The second-order valence-electron chi connectivity index (χ2n) is 6.61. The quantitative estimate of drug-likeness (QED) is 0.800. The molecule has 0 unspecified atom stereocenters. The zero-order chi connectivity index (χ0) is 17.8. The molecule has 6 heteroatoms. The maximum absolute atomic E-state index is 12.3. The van der Waals surface area contributed by atoms with E-state index < -0.39 is 0 Å². The third-order valence-corrected chi connectivity index (χ3v) is 5.04. The standard InChI is InChI=1S/C19H27N3O3/c1-3-22-18(23)13-17(19(22)24)21-11-9-15(10-12-21)20-14-5-7-16(8-6-14)25-4-2/h5-8,15,17,20H,3-4,9-13H2,1-2H3/t17-/m1/s1. The van der Waals surface area contributed by atoms with Crippen molar-refractivity contribution in [1.82, 2.24) is 9.80 Å². The summed E-state index contributed by atoms with van der Waals surface area (Å²) >= 11 is 0. The minimum Gasteiger partial charge on any atom is -0.494 e. The highest BCUT2D eigenvalue weighted by Gasteiger charge is 2.41. The SMILES string of the molecule is CCOc1ccc(NC2CCN([C@@H]3CC(=O)N(CC)C3=O)CC2)cc1. The number of ether oxygens (including phenoxy) is 1. The molecule has 0 aromatic heterocycles. The van der Waals surface area contributed by atoms with Gasteiger partial charge in [-0.05, 0) is 51.0 Å². The number of nitrogens with one attached hydrogen (secondary N) is 1. The maximum Gasteiger partial charge on any atom is 0.247 e. The fourth-order valence-electron chi connectivity index (χ4n) is 3.69. The number of likely N-dealkylation sites (N-methyl/N-ethyl adjacent to an activating group) is 1. The average Bonchev–Trinajstić information content (AvgIpc) is 2.91. The molecule has 0 bridgehead atoms. The number of hydrogen-bond donors (Lipinski definition) is 1. The van der Waals surface area contributed by atoms with Gasteiger partial charge in [-0.1, -0.05) is 0 Å². The molecule has 2 amide bonds. The van der Waals surface area contributed by atoms with Crippen molar-refractivity contribution >= 4 is 17.5 Å². The molecule has 2 fully saturated rings. The van der Waals surface area contributed by atoms with Gasteiger partial charge in [0.05, 0.1) is 19.1 Å². The molecule has 3 rings (SSSR count). The number of rotatable bonds is 6. The molecule has 6 nitrogen and oxygen atoms in total. The van der Waals surface area contributed by atoms with Crippen LogP contribution in [0.2, 0.25) is 0 Å². The molecule has 0 aliphatic carbocycles. The van der Waals surface area contributed by atoms with Gasteiger partial charge in [-0.3, -0.25) is 19.4 Å². The zero-order valence-electron chi connectivity index (χ0n) is 15.0. The van der Waals surface area contributed by atoms with E-state index in [1.165, 1.54) is 4.90 Å². The summed E-state index contributed by atoms with van der Waals surface area (Å²) in [6, 6.07) is 8.17. The van der Waals surface area contributed by atoms with Crippen LogP contribution in [0.15, 0.2) is 24.3 Å². The van der Waals surface area contributed by atoms with Gasteiger partial charge in [0, 0.05) is 31.4 Å². The summed E-state index contributed by atoms with van der Waals surface area (Å²) < 4.78 is 5.46. The lowest BCUT2D eigenvalue weighted by atomic mass is 10.0. The van der Waals surface area contributed by atoms with E-state index in [4.69, 9.17) is 4.74 Å². The molecule has 2 aliphatic rings. The van der Waals surface area contributed by atoms with Crippen LogP contribution < -0.4 is 10.1 Å². The molecule has 0 spiro atoms. The van der Waals surface area contributed by atoms with Crippen molar-refractivity contribution in [3.8, 4) is 5.75 Å². The number of carbonyl (C=O) groups excluding carboxylic acids is 2. The Morgan fingerprint density at radius 2 is 1.80 bits per heavy atom. The number of likely N-dealkylation sites (tertiary alicyclic amines) is 2. The summed E-state index contributed by atoms with van der Waals surface area (Å²) in [6.45, 7) is 6.66. The van der Waals surface area contributed by atoms with E-state index in [2.05, 4.69) is 10.2 Å². The number of piperidine rings is 1. The lowest BCUT2D eigenvalue weighted by Gasteiger charge is -2.35. The summed E-state index contributed by atoms with van der Waals surface area (Å²) in [6.07, 6.45) is 2.28. The van der Waals surface area contributed by atoms with Gasteiger partial charge >= 0.3 is 0 Å². The number of amides is 2. The van der Waals surface area contributed by atoms with Crippen molar-refractivity contribution in [1.29, 1.82) is 0 Å². The molecule has 0 saturated carbocycles. The second kappa shape index (κ2) is 7.87. The Kier molecular flexibility index (Phi) is 5.58. The third-order valence-electron chi connectivity index (χ3n) is 5.04. The van der Waals surface area contributed by atoms with E-state index in [9.17, 15) is 9.59 Å². The Hall–Kier alpha value is -2.08. The molecule has 2 saturated heterocycles. The minimum atomic E-state index is -0.251. The van der Waals surface area contributed by atoms with Crippen molar-refractivity contribution in [2.75, 3.05) is 31.6 Å². The molecule has 136 valence electrons. The topological polar surface area (TPSA) is 61.9 Å². The molecule has 2 heterocycles. The largest absolute Gasteiger partial charge is 0.494 e. The zero-order valence-corrected chi connectivity index (χ0v) is 15.0. The Morgan fingerprint density at radius 1 is 1.12 bits per heavy atom. The summed E-state index contributed by atoms with van der Waals surface area (Å²) in [5.74, 6) is 0.824. The number of benzene rings is 1. The van der Waals surface area contributed by atoms with Crippen LogP contribution in [0.5, 0.6) is 5.75 Å². The normalized spacial score (nSPS) is 22.5. The van der Waals surface area contributed by atoms with Gasteiger partial charge in [0.25, 0.3) is 0 Å². The fourth-order valence-corrected chi connectivity index (χ4v) is 3.69. The third kappa shape index (κ3) is 3.95. The summed E-state index contributed by atoms with van der Waals surface area (Å²) in [4.78, 5) is 27.8. The Labute approximate surface area is 149 Å². The molecule has 1 N–H and O–H groups in total. The van der Waals surface area contributed by atoms with Crippen LogP contribution in [-0.2, 0) is 9.59 Å². The molecule has 1 aromatic carbocycles. The second-order valence-corrected chi connectivity index (χ2v) is 6.61. The minimum absolute atomic E-state index is 0.0228. The van der Waals surface area contributed by atoms with Crippen LogP contribution in [0, 0.1) is 0 Å². The molecular weight excluding hydrogens is 318 g/mol. The maximum atomic E-state index is 12.3. The highest BCUT2D eigenvalue weighted by atomic mass is 16.5. The van der Waals surface area contributed by atoms with E-state index in [1.54, 1.807) is 0 Å². The molecule has 0 radical (unpaired) electrons. The van der Waals surface area contributed by atoms with E-state index >= 15 is 0 Å². The van der Waals surface area contributed by atoms with Crippen LogP contribution in [0.3, 0.4) is 0 Å². The van der Waals surface area contributed by atoms with Gasteiger partial charge in [-0.25, -0.2) is 0 Å². The Bertz CT molecular complexity index is 609. The highest BCUT2D eigenvalue weighted by molar-refractivity contribution is 6.05. The van der Waals surface area contributed by atoms with Crippen molar-refractivity contribution < 1.29 is 14.3 Å². The summed E-state index contributed by atoms with van der Waals surface area (Å²) in [7, 11) is 0. The van der Waals surface area contributed by atoms with Gasteiger partial charge in [0.1, 0.15) is 5.75 Å².